The molecule has 0 aromatic heterocycles. The highest BCUT2D eigenvalue weighted by atomic mass is 19.1. The fourth-order valence-electron chi connectivity index (χ4n) is 4.26. The highest BCUT2D eigenvalue weighted by molar-refractivity contribution is 6.10. The third-order valence-electron chi connectivity index (χ3n) is 6.31. The number of carbonyl (C=O) groups excluding carboxylic acids is 2. The average Bonchev–Trinajstić information content (AvgIpc) is 3.31. The van der Waals surface area contributed by atoms with Crippen LogP contribution < -0.4 is 0 Å². The van der Waals surface area contributed by atoms with Crippen LogP contribution in [-0.2, 0) is 14.3 Å². The lowest BCUT2D eigenvalue weighted by Gasteiger charge is -2.28. The summed E-state index contributed by atoms with van der Waals surface area (Å²) >= 11 is 0. The Hall–Kier alpha value is -3.51. The SMILES string of the molecule is C=C(/C=C\C(=C/C)OC1CCCCCC1OC1=CCC=C(CCC=O)C=C1)C(=O)c1ccc(F)cc1.CO. The van der Waals surface area contributed by atoms with E-state index in [1.54, 1.807) is 12.2 Å². The molecule has 2 atom stereocenters. The quantitative estimate of drug-likeness (QED) is 0.0837. The lowest BCUT2D eigenvalue weighted by atomic mass is 10.0. The minimum Gasteiger partial charge on any atom is -0.487 e. The maximum atomic E-state index is 13.2. The molecule has 1 aromatic rings. The molecule has 5 nitrogen and oxygen atoms in total. The van der Waals surface area contributed by atoms with E-state index in [2.05, 4.69) is 18.7 Å². The van der Waals surface area contributed by atoms with E-state index in [0.29, 0.717) is 23.3 Å². The molecule has 2 aliphatic carbocycles. The van der Waals surface area contributed by atoms with Crippen molar-refractivity contribution in [1.82, 2.24) is 0 Å². The molecular formula is C32H39FO5. The number of ketones is 1. The van der Waals surface area contributed by atoms with Gasteiger partial charge in [-0.05, 0) is 100 Å². The van der Waals surface area contributed by atoms with Crippen molar-refractivity contribution >= 4 is 12.1 Å². The van der Waals surface area contributed by atoms with E-state index < -0.39 is 0 Å². The van der Waals surface area contributed by atoms with Crippen molar-refractivity contribution in [1.29, 1.82) is 0 Å². The predicted octanol–water partition coefficient (Wildman–Crippen LogP) is 7.12. The van der Waals surface area contributed by atoms with Crippen LogP contribution in [0.25, 0.3) is 0 Å². The summed E-state index contributed by atoms with van der Waals surface area (Å²) in [6.07, 6.45) is 21.3. The van der Waals surface area contributed by atoms with Crippen molar-refractivity contribution in [2.45, 2.75) is 70.5 Å². The van der Waals surface area contributed by atoms with E-state index in [-0.39, 0.29) is 23.8 Å². The molecule has 1 saturated carbocycles. The number of ether oxygens (including phenoxy) is 2. The van der Waals surface area contributed by atoms with Gasteiger partial charge in [0.2, 0.25) is 0 Å². The molecule has 0 radical (unpaired) electrons. The zero-order valence-corrected chi connectivity index (χ0v) is 22.4. The summed E-state index contributed by atoms with van der Waals surface area (Å²) in [6.45, 7) is 5.76. The number of Topliss-reactive ketones (excluding diaryl/α,β-unsaturated/α-hetero) is 1. The van der Waals surface area contributed by atoms with Crippen molar-refractivity contribution in [3.05, 3.63) is 107 Å². The lowest BCUT2D eigenvalue weighted by Crippen LogP contribution is -2.30. The smallest absolute Gasteiger partial charge is 0.192 e. The number of aldehydes is 1. The van der Waals surface area contributed by atoms with Crippen molar-refractivity contribution in [2.75, 3.05) is 7.11 Å². The molecule has 0 aliphatic heterocycles. The predicted molar refractivity (Wildman–Crippen MR) is 149 cm³/mol. The Kier molecular flexibility index (Phi) is 13.8. The minimum atomic E-state index is -0.387. The van der Waals surface area contributed by atoms with E-state index in [1.165, 1.54) is 24.3 Å². The van der Waals surface area contributed by atoms with Gasteiger partial charge in [0, 0.05) is 24.7 Å². The second-order valence-electron chi connectivity index (χ2n) is 9.00. The largest absolute Gasteiger partial charge is 0.487 e. The molecule has 204 valence electrons. The molecule has 1 fully saturated rings. The van der Waals surface area contributed by atoms with Crippen molar-refractivity contribution in [3.8, 4) is 0 Å². The van der Waals surface area contributed by atoms with Gasteiger partial charge in [-0.15, -0.1) is 0 Å². The van der Waals surface area contributed by atoms with Gasteiger partial charge in [-0.1, -0.05) is 30.7 Å². The van der Waals surface area contributed by atoms with E-state index in [0.717, 1.165) is 69.7 Å². The Balaban J connectivity index is 0.00000247. The number of benzene rings is 1. The monoisotopic (exact) mass is 522 g/mol. The highest BCUT2D eigenvalue weighted by Gasteiger charge is 2.28. The van der Waals surface area contributed by atoms with Crippen molar-refractivity contribution in [2.24, 2.45) is 0 Å². The molecule has 0 spiro atoms. The first-order valence-electron chi connectivity index (χ1n) is 13.1. The zero-order valence-electron chi connectivity index (χ0n) is 22.4. The topological polar surface area (TPSA) is 72.8 Å². The summed E-state index contributed by atoms with van der Waals surface area (Å²) < 4.78 is 26.0. The number of rotatable bonds is 11. The fourth-order valence-corrected chi connectivity index (χ4v) is 4.26. The van der Waals surface area contributed by atoms with Crippen LogP contribution >= 0.6 is 0 Å². The Morgan fingerprint density at radius 3 is 2.45 bits per heavy atom. The Morgan fingerprint density at radius 2 is 1.76 bits per heavy atom. The van der Waals surface area contributed by atoms with Crippen LogP contribution in [0, 0.1) is 5.82 Å². The number of allylic oxidation sites excluding steroid dienone is 9. The van der Waals surface area contributed by atoms with Crippen molar-refractivity contribution in [3.63, 3.8) is 0 Å². The van der Waals surface area contributed by atoms with Crippen LogP contribution in [0.5, 0.6) is 0 Å². The fraction of sp³-hybridized carbons (Fsp3) is 0.375. The minimum absolute atomic E-state index is 0.0904. The molecule has 1 aromatic carbocycles. The number of aliphatic hydroxyl groups excluding tert-OH is 1. The third-order valence-corrected chi connectivity index (χ3v) is 6.31. The van der Waals surface area contributed by atoms with Gasteiger partial charge in [-0.2, -0.15) is 0 Å². The number of hydrogen-bond donors (Lipinski definition) is 1. The number of aliphatic hydroxyl groups is 1. The summed E-state index contributed by atoms with van der Waals surface area (Å²) in [7, 11) is 1.00. The van der Waals surface area contributed by atoms with E-state index in [4.69, 9.17) is 14.6 Å². The van der Waals surface area contributed by atoms with Gasteiger partial charge in [0.1, 0.15) is 35.8 Å². The number of halogens is 1. The first-order valence-corrected chi connectivity index (χ1v) is 13.1. The molecule has 2 aliphatic rings. The van der Waals surface area contributed by atoms with Gasteiger partial charge >= 0.3 is 0 Å². The maximum absolute atomic E-state index is 13.2. The van der Waals surface area contributed by atoms with E-state index in [9.17, 15) is 14.0 Å². The molecule has 38 heavy (non-hydrogen) atoms. The molecule has 3 rings (SSSR count). The van der Waals surface area contributed by atoms with Gasteiger partial charge in [0.15, 0.2) is 5.78 Å². The van der Waals surface area contributed by atoms with Crippen LogP contribution in [0.15, 0.2) is 96.0 Å². The molecule has 0 bridgehead atoms. The summed E-state index contributed by atoms with van der Waals surface area (Å²) in [4.78, 5) is 23.3. The van der Waals surface area contributed by atoms with Crippen LogP contribution in [-0.4, -0.2) is 36.5 Å². The van der Waals surface area contributed by atoms with Gasteiger partial charge in [0.05, 0.1) is 0 Å². The molecule has 0 heterocycles. The third kappa shape index (κ3) is 10.1. The van der Waals surface area contributed by atoms with E-state index in [1.807, 2.05) is 25.2 Å². The van der Waals surface area contributed by atoms with Gasteiger partial charge < -0.3 is 19.4 Å². The Morgan fingerprint density at radius 1 is 1.05 bits per heavy atom. The molecule has 2 unspecified atom stereocenters. The summed E-state index contributed by atoms with van der Waals surface area (Å²) in [5.41, 5.74) is 1.83. The number of hydrogen-bond acceptors (Lipinski definition) is 5. The maximum Gasteiger partial charge on any atom is 0.192 e. The Bertz CT molecular complexity index is 1080. The summed E-state index contributed by atoms with van der Waals surface area (Å²) in [5, 5.41) is 7.00. The molecule has 6 heteroatoms. The summed E-state index contributed by atoms with van der Waals surface area (Å²) in [5.74, 6) is 0.822. The van der Waals surface area contributed by atoms with E-state index >= 15 is 0 Å². The standard InChI is InChI=1S/C31H35FO4.CH4O/c1-3-27(20-14-23(2)31(34)25-16-18-26(32)19-17-25)35-29-12-5-4-6-13-30(29)36-28-11-7-9-24(15-21-28)10-8-22-33;1-2/h3,9,11,14-22,29-30H,2,4-8,10,12-13H2,1H3;2H,1H3/b20-14-,27-3+;. The Labute approximate surface area is 225 Å². The van der Waals surface area contributed by atoms with Crippen LogP contribution in [0.4, 0.5) is 4.39 Å². The van der Waals surface area contributed by atoms with Crippen LogP contribution in [0.2, 0.25) is 0 Å². The average molecular weight is 523 g/mol. The molecule has 1 N–H and O–H groups in total. The normalized spacial score (nSPS) is 19.7. The first kappa shape index (κ1) is 30.7. The van der Waals surface area contributed by atoms with Crippen LogP contribution in [0.1, 0.15) is 68.6 Å². The molecule has 0 amide bonds. The van der Waals surface area contributed by atoms with Crippen LogP contribution in [0.3, 0.4) is 0 Å². The van der Waals surface area contributed by atoms with Gasteiger partial charge in [-0.25, -0.2) is 4.39 Å². The molecular weight excluding hydrogens is 483 g/mol. The number of carbonyl (C=O) groups is 2. The first-order chi connectivity index (χ1) is 18.5. The van der Waals surface area contributed by atoms with Gasteiger partial charge in [-0.3, -0.25) is 4.79 Å². The molecule has 0 saturated heterocycles. The highest BCUT2D eigenvalue weighted by Crippen LogP contribution is 2.28. The second kappa shape index (κ2) is 17.1. The second-order valence-corrected chi connectivity index (χ2v) is 9.00. The lowest BCUT2D eigenvalue weighted by molar-refractivity contribution is -0.107. The summed E-state index contributed by atoms with van der Waals surface area (Å²) in [6, 6.07) is 5.43. The van der Waals surface area contributed by atoms with Gasteiger partial charge in [0.25, 0.3) is 0 Å². The zero-order chi connectivity index (χ0) is 27.8. The van der Waals surface area contributed by atoms with Crippen molar-refractivity contribution < 1.29 is 28.6 Å².